The van der Waals surface area contributed by atoms with Crippen molar-refractivity contribution in [3.8, 4) is 11.3 Å². The van der Waals surface area contributed by atoms with Crippen LogP contribution in [0.15, 0.2) is 63.8 Å². The fourth-order valence-corrected chi connectivity index (χ4v) is 6.89. The third kappa shape index (κ3) is 6.32. The van der Waals surface area contributed by atoms with Gasteiger partial charge in [-0.1, -0.05) is 62.9 Å². The van der Waals surface area contributed by atoms with Crippen molar-refractivity contribution in [2.45, 2.75) is 70.7 Å². The van der Waals surface area contributed by atoms with Gasteiger partial charge in [0.15, 0.2) is 4.80 Å². The second-order valence-corrected chi connectivity index (χ2v) is 12.4. The molecule has 4 rings (SSSR count). The maximum absolute atomic E-state index is 13.2. The van der Waals surface area contributed by atoms with Crippen LogP contribution in [0.25, 0.3) is 11.3 Å². The number of hydrogen-bond donors (Lipinski definition) is 0. The van der Waals surface area contributed by atoms with Crippen molar-refractivity contribution in [2.24, 2.45) is 10.9 Å². The number of rotatable bonds is 9. The molecule has 2 heterocycles. The molecule has 3 aromatic rings. The standard InChI is InChI=1S/C28H37N3O2S2/c1-4-5-6-7-18-31-27(21-34-28(31)29-25-12-8-22(2)9-13-25)24-10-14-26(15-11-24)35(32,33)30-19-16-23(3)17-20-30/h8-15,21,23H,4-7,16-20H2,1-3H3. The molecule has 5 nitrogen and oxygen atoms in total. The van der Waals surface area contributed by atoms with E-state index in [0.29, 0.717) is 23.9 Å². The molecule has 2 aromatic carbocycles. The van der Waals surface area contributed by atoms with Gasteiger partial charge in [-0.25, -0.2) is 13.4 Å². The summed E-state index contributed by atoms with van der Waals surface area (Å²) >= 11 is 1.64. The van der Waals surface area contributed by atoms with Crippen molar-refractivity contribution in [1.82, 2.24) is 8.87 Å². The van der Waals surface area contributed by atoms with Crippen molar-refractivity contribution in [1.29, 1.82) is 0 Å². The van der Waals surface area contributed by atoms with Crippen LogP contribution < -0.4 is 4.80 Å². The first-order chi connectivity index (χ1) is 16.9. The van der Waals surface area contributed by atoms with Gasteiger partial charge < -0.3 is 4.57 Å². The number of hydrogen-bond acceptors (Lipinski definition) is 4. The van der Waals surface area contributed by atoms with Gasteiger partial charge in [0.1, 0.15) is 0 Å². The fourth-order valence-electron chi connectivity index (χ4n) is 4.46. The zero-order chi connectivity index (χ0) is 24.8. The Labute approximate surface area is 214 Å². The van der Waals surface area contributed by atoms with E-state index in [1.54, 1.807) is 27.8 Å². The zero-order valence-corrected chi connectivity index (χ0v) is 22.7. The van der Waals surface area contributed by atoms with Gasteiger partial charge in [-0.15, -0.1) is 11.3 Å². The summed E-state index contributed by atoms with van der Waals surface area (Å²) < 4.78 is 30.2. The van der Waals surface area contributed by atoms with E-state index in [-0.39, 0.29) is 0 Å². The first kappa shape index (κ1) is 25.9. The number of nitrogens with zero attached hydrogens (tertiary/aromatic N) is 3. The van der Waals surface area contributed by atoms with Gasteiger partial charge in [0.05, 0.1) is 16.3 Å². The highest BCUT2D eigenvalue weighted by Crippen LogP contribution is 2.27. The van der Waals surface area contributed by atoms with Crippen molar-refractivity contribution >= 4 is 27.0 Å². The minimum atomic E-state index is -3.44. The van der Waals surface area contributed by atoms with E-state index in [2.05, 4.69) is 55.0 Å². The number of aromatic nitrogens is 1. The third-order valence-electron chi connectivity index (χ3n) is 6.82. The molecule has 7 heteroatoms. The molecule has 0 N–H and O–H groups in total. The highest BCUT2D eigenvalue weighted by atomic mass is 32.2. The lowest BCUT2D eigenvalue weighted by Crippen LogP contribution is -2.37. The Hall–Kier alpha value is -2.22. The molecule has 35 heavy (non-hydrogen) atoms. The SMILES string of the molecule is CCCCCCn1c(-c2ccc(S(=O)(=O)N3CCC(C)CC3)cc2)csc1=Nc1ccc(C)cc1. The monoisotopic (exact) mass is 511 g/mol. The number of thiazole rings is 1. The lowest BCUT2D eigenvalue weighted by molar-refractivity contribution is 0.288. The Kier molecular flexibility index (Phi) is 8.63. The smallest absolute Gasteiger partial charge is 0.243 e. The number of aryl methyl sites for hydroxylation is 1. The van der Waals surface area contributed by atoms with Crippen LogP contribution in [0.2, 0.25) is 0 Å². The lowest BCUT2D eigenvalue weighted by Gasteiger charge is -2.29. The largest absolute Gasteiger partial charge is 0.316 e. The average Bonchev–Trinajstić information content (AvgIpc) is 3.26. The maximum Gasteiger partial charge on any atom is 0.243 e. The summed E-state index contributed by atoms with van der Waals surface area (Å²) in [5, 5.41) is 2.14. The van der Waals surface area contributed by atoms with Crippen LogP contribution in [0.1, 0.15) is 57.9 Å². The molecule has 1 aliphatic heterocycles. The molecular weight excluding hydrogens is 474 g/mol. The second-order valence-electron chi connectivity index (χ2n) is 9.67. The van der Waals surface area contributed by atoms with Gasteiger partial charge in [-0.2, -0.15) is 4.31 Å². The molecule has 1 saturated heterocycles. The Morgan fingerprint density at radius 3 is 2.31 bits per heavy atom. The molecule has 188 valence electrons. The van der Waals surface area contributed by atoms with Crippen LogP contribution in [0.3, 0.4) is 0 Å². The minimum absolute atomic E-state index is 0.380. The van der Waals surface area contributed by atoms with E-state index in [0.717, 1.165) is 47.6 Å². The van der Waals surface area contributed by atoms with Gasteiger partial charge in [-0.3, -0.25) is 0 Å². The first-order valence-electron chi connectivity index (χ1n) is 12.8. The Morgan fingerprint density at radius 1 is 0.971 bits per heavy atom. The third-order valence-corrected chi connectivity index (χ3v) is 9.60. The quantitative estimate of drug-likeness (QED) is 0.298. The van der Waals surface area contributed by atoms with Crippen molar-refractivity contribution in [2.75, 3.05) is 13.1 Å². The molecule has 0 spiro atoms. The van der Waals surface area contributed by atoms with Gasteiger partial charge in [0.2, 0.25) is 10.0 Å². The van der Waals surface area contributed by atoms with Crippen molar-refractivity contribution < 1.29 is 8.42 Å². The van der Waals surface area contributed by atoms with E-state index >= 15 is 0 Å². The van der Waals surface area contributed by atoms with Crippen LogP contribution >= 0.6 is 11.3 Å². The molecule has 0 radical (unpaired) electrons. The number of piperidine rings is 1. The normalized spacial score (nSPS) is 16.1. The first-order valence-corrected chi connectivity index (χ1v) is 15.1. The van der Waals surface area contributed by atoms with Crippen LogP contribution in [0.4, 0.5) is 5.69 Å². The summed E-state index contributed by atoms with van der Waals surface area (Å²) in [6.07, 6.45) is 6.57. The summed E-state index contributed by atoms with van der Waals surface area (Å²) in [7, 11) is -3.44. The molecule has 1 fully saturated rings. The van der Waals surface area contributed by atoms with Crippen LogP contribution in [-0.4, -0.2) is 30.4 Å². The van der Waals surface area contributed by atoms with Gasteiger partial charge in [-0.05, 0) is 61.9 Å². The van der Waals surface area contributed by atoms with Gasteiger partial charge >= 0.3 is 0 Å². The molecule has 0 atom stereocenters. The Balaban J connectivity index is 1.63. The molecule has 0 saturated carbocycles. The van der Waals surface area contributed by atoms with Crippen molar-refractivity contribution in [3.05, 3.63) is 64.3 Å². The van der Waals surface area contributed by atoms with E-state index < -0.39 is 10.0 Å². The topological polar surface area (TPSA) is 54.7 Å². The number of unbranched alkanes of at least 4 members (excludes halogenated alkanes) is 3. The Morgan fingerprint density at radius 2 is 1.66 bits per heavy atom. The molecular formula is C28H37N3O2S2. The predicted molar refractivity (Wildman–Crippen MR) is 145 cm³/mol. The Bertz CT molecular complexity index is 1260. The number of sulfonamides is 1. The molecule has 0 aliphatic carbocycles. The highest BCUT2D eigenvalue weighted by molar-refractivity contribution is 7.89. The molecule has 0 unspecified atom stereocenters. The highest BCUT2D eigenvalue weighted by Gasteiger charge is 2.28. The maximum atomic E-state index is 13.2. The van der Waals surface area contributed by atoms with Crippen LogP contribution in [0, 0.1) is 12.8 Å². The number of benzene rings is 2. The molecule has 0 bridgehead atoms. The molecule has 1 aromatic heterocycles. The summed E-state index contributed by atoms with van der Waals surface area (Å²) in [6, 6.07) is 15.7. The molecule has 0 amide bonds. The zero-order valence-electron chi connectivity index (χ0n) is 21.1. The summed E-state index contributed by atoms with van der Waals surface area (Å²) in [4.78, 5) is 6.28. The second kappa shape index (κ2) is 11.7. The molecule has 1 aliphatic rings. The van der Waals surface area contributed by atoms with E-state index in [9.17, 15) is 8.42 Å². The minimum Gasteiger partial charge on any atom is -0.316 e. The predicted octanol–water partition coefficient (Wildman–Crippen LogP) is 6.76. The van der Waals surface area contributed by atoms with Gasteiger partial charge in [0.25, 0.3) is 0 Å². The van der Waals surface area contributed by atoms with E-state index in [4.69, 9.17) is 4.99 Å². The van der Waals surface area contributed by atoms with Crippen LogP contribution in [0.5, 0.6) is 0 Å². The van der Waals surface area contributed by atoms with Gasteiger partial charge in [0, 0.05) is 25.0 Å². The lowest BCUT2D eigenvalue weighted by atomic mass is 10.0. The fraction of sp³-hybridized carbons (Fsp3) is 0.464. The van der Waals surface area contributed by atoms with E-state index in [1.807, 2.05) is 12.1 Å². The average molecular weight is 512 g/mol. The summed E-state index contributed by atoms with van der Waals surface area (Å²) in [6.45, 7) is 8.61. The van der Waals surface area contributed by atoms with Crippen LogP contribution in [-0.2, 0) is 16.6 Å². The van der Waals surface area contributed by atoms with Crippen molar-refractivity contribution in [3.63, 3.8) is 0 Å². The van der Waals surface area contributed by atoms with E-state index in [1.165, 1.54) is 24.8 Å². The summed E-state index contributed by atoms with van der Waals surface area (Å²) in [5.74, 6) is 0.592. The summed E-state index contributed by atoms with van der Waals surface area (Å²) in [5.41, 5.74) is 4.28.